The van der Waals surface area contributed by atoms with E-state index in [1.165, 1.54) is 7.11 Å². The zero-order chi connectivity index (χ0) is 22.2. The number of aliphatic imine (C=N–C) groups is 1. The van der Waals surface area contributed by atoms with E-state index < -0.39 is 36.1 Å². The van der Waals surface area contributed by atoms with E-state index in [0.29, 0.717) is 18.4 Å². The van der Waals surface area contributed by atoms with E-state index in [1.54, 1.807) is 39.0 Å². The average molecular weight is 481 g/mol. The lowest BCUT2D eigenvalue weighted by atomic mass is 10.1. The summed E-state index contributed by atoms with van der Waals surface area (Å²) in [5.41, 5.74) is -0.0118. The molecule has 0 saturated carbocycles. The van der Waals surface area contributed by atoms with Crippen LogP contribution in [0.1, 0.15) is 32.8 Å². The third kappa shape index (κ3) is 10.3. The molecule has 0 fully saturated rings. The molecule has 1 aromatic carbocycles. The van der Waals surface area contributed by atoms with Crippen LogP contribution < -0.4 is 10.1 Å². The lowest BCUT2D eigenvalue weighted by Gasteiger charge is -2.18. The van der Waals surface area contributed by atoms with Crippen molar-refractivity contribution in [3.05, 3.63) is 28.2 Å². The van der Waals surface area contributed by atoms with Crippen LogP contribution in [0.25, 0.3) is 0 Å². The van der Waals surface area contributed by atoms with Gasteiger partial charge in [0, 0.05) is 12.8 Å². The minimum atomic E-state index is -4.60. The Morgan fingerprint density at radius 1 is 1.28 bits per heavy atom. The molecule has 29 heavy (non-hydrogen) atoms. The fourth-order valence-electron chi connectivity index (χ4n) is 2.22. The van der Waals surface area contributed by atoms with Gasteiger partial charge >= 0.3 is 12.3 Å². The minimum absolute atomic E-state index is 0.109. The molecule has 1 unspecified atom stereocenters. The van der Waals surface area contributed by atoms with Gasteiger partial charge in [-0.15, -0.1) is 0 Å². The fourth-order valence-corrected chi connectivity index (χ4v) is 2.63. The molecule has 162 valence electrons. The highest BCUT2D eigenvalue weighted by Crippen LogP contribution is 2.26. The molecule has 0 radical (unpaired) electrons. The van der Waals surface area contributed by atoms with Crippen LogP contribution >= 0.6 is 15.9 Å². The second-order valence-electron chi connectivity index (χ2n) is 7.19. The molecule has 0 spiro atoms. The Labute approximate surface area is 176 Å². The predicted molar refractivity (Wildman–Crippen MR) is 106 cm³/mol. The van der Waals surface area contributed by atoms with E-state index in [-0.39, 0.29) is 6.54 Å². The number of benzene rings is 1. The Bertz CT molecular complexity index is 746. The Balaban J connectivity index is 2.73. The van der Waals surface area contributed by atoms with Crippen LogP contribution in [0.5, 0.6) is 5.75 Å². The Morgan fingerprint density at radius 2 is 1.93 bits per heavy atom. The maximum atomic E-state index is 12.8. The number of alkyl halides is 3. The molecule has 1 N–H and O–H groups in total. The molecule has 0 aliphatic carbocycles. The first-order valence-corrected chi connectivity index (χ1v) is 9.54. The van der Waals surface area contributed by atoms with Crippen molar-refractivity contribution in [3.63, 3.8) is 0 Å². The molecular weight excluding hydrogens is 457 g/mol. The van der Waals surface area contributed by atoms with E-state index in [0.717, 1.165) is 10.0 Å². The van der Waals surface area contributed by atoms with Gasteiger partial charge in [-0.2, -0.15) is 18.2 Å². The van der Waals surface area contributed by atoms with E-state index in [4.69, 9.17) is 9.47 Å². The van der Waals surface area contributed by atoms with Crippen molar-refractivity contribution >= 4 is 34.1 Å². The number of amides is 2. The van der Waals surface area contributed by atoms with Crippen LogP contribution in [0, 0.1) is 5.92 Å². The van der Waals surface area contributed by atoms with Crippen LogP contribution in [-0.2, 0) is 16.0 Å². The van der Waals surface area contributed by atoms with Gasteiger partial charge in [0.05, 0.1) is 23.9 Å². The van der Waals surface area contributed by atoms with Gasteiger partial charge in [0.15, 0.2) is 0 Å². The monoisotopic (exact) mass is 480 g/mol. The van der Waals surface area contributed by atoms with E-state index in [9.17, 15) is 22.8 Å². The molecule has 0 heterocycles. The Morgan fingerprint density at radius 3 is 2.48 bits per heavy atom. The molecule has 2 amide bonds. The third-order valence-electron chi connectivity index (χ3n) is 3.47. The number of methoxy groups -OCH3 is 1. The first-order valence-electron chi connectivity index (χ1n) is 8.75. The number of carbonyl (C=O) groups excluding carboxylic acids is 2. The lowest BCUT2D eigenvalue weighted by Crippen LogP contribution is -2.36. The normalized spacial score (nSPS) is 13.2. The summed E-state index contributed by atoms with van der Waals surface area (Å²) >= 11 is 3.32. The first kappa shape index (κ1) is 24.9. The first-order chi connectivity index (χ1) is 13.3. The minimum Gasteiger partial charge on any atom is -0.496 e. The van der Waals surface area contributed by atoms with Gasteiger partial charge in [0.1, 0.15) is 11.4 Å². The van der Waals surface area contributed by atoms with Gasteiger partial charge in [0.25, 0.3) is 0 Å². The summed E-state index contributed by atoms with van der Waals surface area (Å²) in [6, 6.07) is 5.33. The molecule has 0 aliphatic heterocycles. The van der Waals surface area contributed by atoms with Gasteiger partial charge in [-0.1, -0.05) is 6.07 Å². The molecule has 0 aromatic heterocycles. The summed E-state index contributed by atoms with van der Waals surface area (Å²) in [4.78, 5) is 27.1. The molecule has 1 atom stereocenters. The smallest absolute Gasteiger partial charge is 0.433 e. The van der Waals surface area contributed by atoms with Crippen molar-refractivity contribution in [1.29, 1.82) is 0 Å². The highest BCUT2D eigenvalue weighted by atomic mass is 79.9. The Kier molecular flexibility index (Phi) is 9.13. The maximum absolute atomic E-state index is 12.8. The van der Waals surface area contributed by atoms with Crippen molar-refractivity contribution < 1.29 is 32.2 Å². The number of ether oxygens (including phenoxy) is 2. The van der Waals surface area contributed by atoms with Crippen LogP contribution in [0.15, 0.2) is 27.7 Å². The maximum Gasteiger partial charge on any atom is 0.433 e. The van der Waals surface area contributed by atoms with E-state index >= 15 is 0 Å². The van der Waals surface area contributed by atoms with Gasteiger partial charge in [-0.25, -0.2) is 4.79 Å². The van der Waals surface area contributed by atoms with Crippen molar-refractivity contribution in [2.75, 3.05) is 13.7 Å². The van der Waals surface area contributed by atoms with Crippen molar-refractivity contribution in [2.45, 2.75) is 45.4 Å². The van der Waals surface area contributed by atoms with Gasteiger partial charge < -0.3 is 14.8 Å². The Hall–Kier alpha value is -2.10. The molecular formula is C19H24BrF3N2O4. The van der Waals surface area contributed by atoms with Crippen LogP contribution in [0.2, 0.25) is 0 Å². The number of hydrogen-bond donors (Lipinski definition) is 1. The largest absolute Gasteiger partial charge is 0.496 e. The second-order valence-corrected chi connectivity index (χ2v) is 8.05. The zero-order valence-electron chi connectivity index (χ0n) is 16.6. The predicted octanol–water partition coefficient (Wildman–Crippen LogP) is 4.69. The van der Waals surface area contributed by atoms with Crippen LogP contribution in [0.4, 0.5) is 18.0 Å². The summed E-state index contributed by atoms with van der Waals surface area (Å²) in [6.45, 7) is 4.89. The third-order valence-corrected chi connectivity index (χ3v) is 4.13. The van der Waals surface area contributed by atoms with Crippen LogP contribution in [0.3, 0.4) is 0 Å². The molecule has 1 aromatic rings. The standard InChI is InChI=1S/C19H24BrF3N2O4/c1-18(2,3)29-17(27)25-11-13(10-19(21,22)23)16(26)24-8-7-12-5-6-14(20)15(9-12)28-4/h5-6,9,11,13H,7-8,10H2,1-4H3,(H,24,26)/b25-11+. The fraction of sp³-hybridized carbons (Fsp3) is 0.526. The quantitative estimate of drug-likeness (QED) is 0.574. The molecule has 0 aliphatic rings. The SMILES string of the molecule is COc1cc(CCNC(=O)C(/C=N/C(=O)OC(C)(C)C)CC(F)(F)F)ccc1Br. The summed E-state index contributed by atoms with van der Waals surface area (Å²) in [6.07, 6.45) is -6.02. The highest BCUT2D eigenvalue weighted by molar-refractivity contribution is 9.10. The van der Waals surface area contributed by atoms with Crippen LogP contribution in [-0.4, -0.2) is 43.6 Å². The molecule has 10 heteroatoms. The summed E-state index contributed by atoms with van der Waals surface area (Å²) in [5.74, 6) is -1.91. The average Bonchev–Trinajstić information content (AvgIpc) is 2.57. The van der Waals surface area contributed by atoms with Gasteiger partial charge in [-0.3, -0.25) is 4.79 Å². The number of rotatable bonds is 7. The van der Waals surface area contributed by atoms with Gasteiger partial charge in [-0.05, 0) is 60.8 Å². The summed E-state index contributed by atoms with van der Waals surface area (Å²) in [5, 5.41) is 2.44. The number of nitrogens with one attached hydrogen (secondary N) is 1. The second kappa shape index (κ2) is 10.6. The number of halogens is 4. The molecule has 6 nitrogen and oxygen atoms in total. The number of carbonyl (C=O) groups is 2. The highest BCUT2D eigenvalue weighted by Gasteiger charge is 2.34. The number of nitrogens with zero attached hydrogens (tertiary/aromatic N) is 1. The molecule has 1 rings (SSSR count). The van der Waals surface area contributed by atoms with E-state index in [2.05, 4.69) is 26.2 Å². The molecule has 0 bridgehead atoms. The van der Waals surface area contributed by atoms with Crippen molar-refractivity contribution in [1.82, 2.24) is 5.32 Å². The summed E-state index contributed by atoms with van der Waals surface area (Å²) < 4.78 is 49.2. The topological polar surface area (TPSA) is 77.0 Å². The number of hydrogen-bond acceptors (Lipinski definition) is 4. The lowest BCUT2D eigenvalue weighted by molar-refractivity contribution is -0.149. The van der Waals surface area contributed by atoms with Gasteiger partial charge in [0.2, 0.25) is 5.91 Å². The summed E-state index contributed by atoms with van der Waals surface area (Å²) in [7, 11) is 1.51. The zero-order valence-corrected chi connectivity index (χ0v) is 18.2. The molecule has 0 saturated heterocycles. The van der Waals surface area contributed by atoms with Crippen molar-refractivity contribution in [3.8, 4) is 5.75 Å². The van der Waals surface area contributed by atoms with Crippen molar-refractivity contribution in [2.24, 2.45) is 10.9 Å². The van der Waals surface area contributed by atoms with E-state index in [1.807, 2.05) is 0 Å².